The number of phenolic OH excluding ortho intramolecular Hbond substituents is 1. The number of hydrogen-bond acceptors (Lipinski definition) is 2. The van der Waals surface area contributed by atoms with E-state index in [1.54, 1.807) is 13.2 Å². The van der Waals surface area contributed by atoms with E-state index in [-0.39, 0.29) is 13.2 Å². The zero-order chi connectivity index (χ0) is 17.5. The average molecular weight is 343 g/mol. The topological polar surface area (TPSA) is 29.5 Å². The molecule has 2 nitrogen and oxygen atoms in total. The monoisotopic (exact) mass is 342 g/mol. The smallest absolute Gasteiger partial charge is 0.160 e. The quantitative estimate of drug-likeness (QED) is 0.604. The number of methoxy groups -OCH3 is 1. The van der Waals surface area contributed by atoms with Crippen LogP contribution in [0.15, 0.2) is 42.5 Å². The summed E-state index contributed by atoms with van der Waals surface area (Å²) in [4.78, 5) is 0. The van der Waals surface area contributed by atoms with Crippen molar-refractivity contribution in [3.8, 4) is 11.5 Å². The lowest BCUT2D eigenvalue weighted by Gasteiger charge is -2.13. The first kappa shape index (κ1) is 21.1. The van der Waals surface area contributed by atoms with Crippen LogP contribution in [0.1, 0.15) is 63.6 Å². The molecule has 0 amide bonds. The molecule has 1 atom stereocenters. The summed E-state index contributed by atoms with van der Waals surface area (Å²) >= 11 is 0. The molecule has 1 unspecified atom stereocenters. The van der Waals surface area contributed by atoms with Gasteiger partial charge in [-0.1, -0.05) is 58.5 Å². The van der Waals surface area contributed by atoms with Crippen molar-refractivity contribution in [2.24, 2.45) is 5.92 Å². The van der Waals surface area contributed by atoms with Gasteiger partial charge in [0.15, 0.2) is 11.5 Å². The predicted molar refractivity (Wildman–Crippen MR) is 108 cm³/mol. The molecule has 138 valence electrons. The Morgan fingerprint density at radius 1 is 0.880 bits per heavy atom. The number of hydrogen-bond donors (Lipinski definition) is 1. The van der Waals surface area contributed by atoms with Crippen molar-refractivity contribution in [1.82, 2.24) is 0 Å². The molecule has 0 heterocycles. The van der Waals surface area contributed by atoms with Gasteiger partial charge in [0.05, 0.1) is 7.11 Å². The van der Waals surface area contributed by atoms with Crippen molar-refractivity contribution >= 4 is 0 Å². The lowest BCUT2D eigenvalue weighted by molar-refractivity contribution is 0.372. The minimum absolute atomic E-state index is 0. The number of aromatic hydroxyl groups is 1. The standard InChI is InChI=1S/C22H30O2.CH4/c1-16(2)20-12-9-18(10-13-20)7-5-17(3)6-8-19-11-14-21(23)22(15-19)24-4;/h9-17,23H,5-8H2,1-4H3;1H4. The Hall–Kier alpha value is -1.96. The lowest BCUT2D eigenvalue weighted by atomic mass is 9.93. The second-order valence-electron chi connectivity index (χ2n) is 7.09. The van der Waals surface area contributed by atoms with E-state index < -0.39 is 0 Å². The van der Waals surface area contributed by atoms with Gasteiger partial charge in [-0.05, 0) is 66.3 Å². The summed E-state index contributed by atoms with van der Waals surface area (Å²) in [5.74, 6) is 2.04. The maximum absolute atomic E-state index is 9.65. The first-order chi connectivity index (χ1) is 11.5. The van der Waals surface area contributed by atoms with Gasteiger partial charge in [-0.25, -0.2) is 0 Å². The van der Waals surface area contributed by atoms with Crippen molar-refractivity contribution in [3.05, 3.63) is 59.2 Å². The Morgan fingerprint density at radius 2 is 1.44 bits per heavy atom. The third kappa shape index (κ3) is 6.45. The van der Waals surface area contributed by atoms with Gasteiger partial charge in [0.1, 0.15) is 0 Å². The average Bonchev–Trinajstić information content (AvgIpc) is 2.59. The molecule has 2 rings (SSSR count). The van der Waals surface area contributed by atoms with Crippen LogP contribution in [0.25, 0.3) is 0 Å². The summed E-state index contributed by atoms with van der Waals surface area (Å²) in [7, 11) is 1.59. The largest absolute Gasteiger partial charge is 0.504 e. The van der Waals surface area contributed by atoms with Gasteiger partial charge in [-0.3, -0.25) is 0 Å². The van der Waals surface area contributed by atoms with E-state index in [1.165, 1.54) is 23.1 Å². The van der Waals surface area contributed by atoms with Gasteiger partial charge >= 0.3 is 0 Å². The maximum Gasteiger partial charge on any atom is 0.160 e. The molecule has 0 saturated heterocycles. The van der Waals surface area contributed by atoms with Gasteiger partial charge < -0.3 is 9.84 Å². The van der Waals surface area contributed by atoms with Crippen LogP contribution in [0.2, 0.25) is 0 Å². The van der Waals surface area contributed by atoms with Gasteiger partial charge in [0.25, 0.3) is 0 Å². The minimum atomic E-state index is 0. The number of rotatable bonds is 8. The van der Waals surface area contributed by atoms with Crippen molar-refractivity contribution in [3.63, 3.8) is 0 Å². The van der Waals surface area contributed by atoms with Crippen LogP contribution < -0.4 is 4.74 Å². The van der Waals surface area contributed by atoms with Gasteiger partial charge in [-0.15, -0.1) is 0 Å². The third-order valence-electron chi connectivity index (χ3n) is 4.74. The van der Waals surface area contributed by atoms with Crippen molar-refractivity contribution in [2.75, 3.05) is 7.11 Å². The van der Waals surface area contributed by atoms with E-state index in [0.717, 1.165) is 19.3 Å². The highest BCUT2D eigenvalue weighted by Gasteiger charge is 2.07. The minimum Gasteiger partial charge on any atom is -0.504 e. The fourth-order valence-corrected chi connectivity index (χ4v) is 2.92. The van der Waals surface area contributed by atoms with E-state index in [1.807, 2.05) is 12.1 Å². The van der Waals surface area contributed by atoms with E-state index in [4.69, 9.17) is 4.74 Å². The van der Waals surface area contributed by atoms with Crippen LogP contribution in [0.3, 0.4) is 0 Å². The first-order valence-corrected chi connectivity index (χ1v) is 8.94. The SMILES string of the molecule is C.COc1cc(CCC(C)CCc2ccc(C(C)C)cc2)ccc1O. The second kappa shape index (κ2) is 10.1. The van der Waals surface area contributed by atoms with Crippen molar-refractivity contribution < 1.29 is 9.84 Å². The van der Waals surface area contributed by atoms with Crippen molar-refractivity contribution in [2.45, 2.75) is 59.8 Å². The van der Waals surface area contributed by atoms with Gasteiger partial charge in [0, 0.05) is 0 Å². The highest BCUT2D eigenvalue weighted by molar-refractivity contribution is 5.41. The Morgan fingerprint density at radius 3 is 2.00 bits per heavy atom. The number of benzene rings is 2. The van der Waals surface area contributed by atoms with Crippen LogP contribution >= 0.6 is 0 Å². The van der Waals surface area contributed by atoms with Crippen LogP contribution in [0, 0.1) is 5.92 Å². The number of aryl methyl sites for hydroxylation is 2. The summed E-state index contributed by atoms with van der Waals surface area (Å²) in [6.45, 7) is 6.78. The molecule has 2 aromatic rings. The summed E-state index contributed by atoms with van der Waals surface area (Å²) in [5, 5.41) is 9.65. The van der Waals surface area contributed by atoms with Gasteiger partial charge in [0.2, 0.25) is 0 Å². The number of ether oxygens (including phenoxy) is 1. The maximum atomic E-state index is 9.65. The summed E-state index contributed by atoms with van der Waals surface area (Å²) in [6.07, 6.45) is 4.51. The normalized spacial score (nSPS) is 11.9. The Balaban J connectivity index is 0.00000312. The molecule has 0 fully saturated rings. The van der Waals surface area contributed by atoms with Crippen LogP contribution in [-0.2, 0) is 12.8 Å². The van der Waals surface area contributed by atoms with Crippen LogP contribution in [0.4, 0.5) is 0 Å². The Labute approximate surface area is 153 Å². The Kier molecular flexibility index (Phi) is 8.54. The predicted octanol–water partition coefficient (Wildman–Crippen LogP) is 6.36. The fourth-order valence-electron chi connectivity index (χ4n) is 2.92. The third-order valence-corrected chi connectivity index (χ3v) is 4.74. The summed E-state index contributed by atoms with van der Waals surface area (Å²) in [6, 6.07) is 14.7. The molecule has 25 heavy (non-hydrogen) atoms. The van der Waals surface area contributed by atoms with E-state index in [0.29, 0.717) is 17.6 Å². The molecule has 0 saturated carbocycles. The van der Waals surface area contributed by atoms with E-state index >= 15 is 0 Å². The Bertz CT molecular complexity index is 629. The molecule has 0 bridgehead atoms. The molecule has 1 N–H and O–H groups in total. The zero-order valence-electron chi connectivity index (χ0n) is 15.4. The van der Waals surface area contributed by atoms with Crippen molar-refractivity contribution in [1.29, 1.82) is 0 Å². The summed E-state index contributed by atoms with van der Waals surface area (Å²) in [5.41, 5.74) is 4.06. The molecule has 0 aliphatic carbocycles. The fraction of sp³-hybridized carbons (Fsp3) is 0.478. The molecule has 0 aromatic heterocycles. The zero-order valence-corrected chi connectivity index (χ0v) is 15.4. The highest BCUT2D eigenvalue weighted by Crippen LogP contribution is 2.27. The highest BCUT2D eigenvalue weighted by atomic mass is 16.5. The molecule has 2 aromatic carbocycles. The molecule has 0 aliphatic rings. The molecule has 0 spiro atoms. The van der Waals surface area contributed by atoms with Crippen LogP contribution in [0.5, 0.6) is 11.5 Å². The van der Waals surface area contributed by atoms with E-state index in [2.05, 4.69) is 45.0 Å². The molecule has 2 heteroatoms. The molecular formula is C23H34O2. The second-order valence-corrected chi connectivity index (χ2v) is 7.09. The lowest BCUT2D eigenvalue weighted by Crippen LogP contribution is -2.00. The molecule has 0 radical (unpaired) electrons. The first-order valence-electron chi connectivity index (χ1n) is 8.94. The molecular weight excluding hydrogens is 308 g/mol. The van der Waals surface area contributed by atoms with E-state index in [9.17, 15) is 5.11 Å². The molecule has 0 aliphatic heterocycles. The van der Waals surface area contributed by atoms with Crippen LogP contribution in [-0.4, -0.2) is 12.2 Å². The van der Waals surface area contributed by atoms with Gasteiger partial charge in [-0.2, -0.15) is 0 Å². The summed E-state index contributed by atoms with van der Waals surface area (Å²) < 4.78 is 5.17. The number of phenols is 1.